The Balaban J connectivity index is 1.79. The highest BCUT2D eigenvalue weighted by Crippen LogP contribution is 2.16. The van der Waals surface area contributed by atoms with Crippen LogP contribution in [0.3, 0.4) is 0 Å². The van der Waals surface area contributed by atoms with Crippen molar-refractivity contribution < 1.29 is 4.79 Å². The van der Waals surface area contributed by atoms with Crippen molar-refractivity contribution in [2.45, 2.75) is 13.3 Å². The fourth-order valence-electron chi connectivity index (χ4n) is 2.72. The first-order valence-corrected chi connectivity index (χ1v) is 9.16. The molecule has 0 bridgehead atoms. The number of nitrogens with one attached hydrogen (secondary N) is 2. The number of amides is 1. The summed E-state index contributed by atoms with van der Waals surface area (Å²) in [5.74, 6) is 1.76. The molecule has 0 aromatic carbocycles. The topological polar surface area (TPSA) is 123 Å². The third kappa shape index (κ3) is 4.89. The summed E-state index contributed by atoms with van der Waals surface area (Å²) in [7, 11) is 2.10. The number of aromatic nitrogens is 4. The van der Waals surface area contributed by atoms with E-state index >= 15 is 0 Å². The van der Waals surface area contributed by atoms with E-state index in [0.717, 1.165) is 26.2 Å². The number of rotatable bonds is 6. The molecule has 146 valence electrons. The van der Waals surface area contributed by atoms with Crippen LogP contribution in [0, 0.1) is 11.3 Å². The first-order chi connectivity index (χ1) is 13.6. The van der Waals surface area contributed by atoms with E-state index in [1.165, 1.54) is 0 Å². The van der Waals surface area contributed by atoms with Crippen molar-refractivity contribution in [2.75, 3.05) is 50.0 Å². The van der Waals surface area contributed by atoms with Crippen LogP contribution in [-0.2, 0) is 6.42 Å². The number of aryl methyl sites for hydroxylation is 1. The SMILES string of the molecule is CCc1nc(Nc2cccc(C(=O)NCC#N)n2)nc(N2CCN(C)CC2)n1. The summed E-state index contributed by atoms with van der Waals surface area (Å²) < 4.78 is 0. The Morgan fingerprint density at radius 3 is 2.68 bits per heavy atom. The van der Waals surface area contributed by atoms with Gasteiger partial charge in [0.1, 0.15) is 23.9 Å². The van der Waals surface area contributed by atoms with Crippen molar-refractivity contribution in [2.24, 2.45) is 0 Å². The minimum Gasteiger partial charge on any atom is -0.338 e. The molecule has 0 radical (unpaired) electrons. The average Bonchev–Trinajstić information content (AvgIpc) is 2.72. The summed E-state index contributed by atoms with van der Waals surface area (Å²) in [6.45, 7) is 5.55. The Hall–Kier alpha value is -3.32. The Bertz CT molecular complexity index is 872. The molecule has 1 fully saturated rings. The number of nitriles is 1. The third-order valence-corrected chi connectivity index (χ3v) is 4.32. The summed E-state index contributed by atoms with van der Waals surface area (Å²) in [6.07, 6.45) is 0.683. The lowest BCUT2D eigenvalue weighted by molar-refractivity contribution is 0.0953. The molecule has 2 aromatic heterocycles. The Kier molecular flexibility index (Phi) is 6.29. The largest absolute Gasteiger partial charge is 0.338 e. The number of carbonyl (C=O) groups is 1. The number of pyridine rings is 1. The number of nitrogens with zero attached hydrogens (tertiary/aromatic N) is 7. The van der Waals surface area contributed by atoms with Crippen LogP contribution in [-0.4, -0.2) is 70.5 Å². The van der Waals surface area contributed by atoms with E-state index in [1.54, 1.807) is 18.2 Å². The molecule has 1 aliphatic heterocycles. The highest BCUT2D eigenvalue weighted by atomic mass is 16.1. The molecule has 1 aliphatic rings. The molecule has 0 atom stereocenters. The quantitative estimate of drug-likeness (QED) is 0.692. The van der Waals surface area contributed by atoms with Gasteiger partial charge in [-0.15, -0.1) is 0 Å². The van der Waals surface area contributed by atoms with Crippen LogP contribution in [0.5, 0.6) is 0 Å². The van der Waals surface area contributed by atoms with Gasteiger partial charge in [0.05, 0.1) is 6.07 Å². The van der Waals surface area contributed by atoms with E-state index in [4.69, 9.17) is 5.26 Å². The van der Waals surface area contributed by atoms with Gasteiger partial charge in [0.2, 0.25) is 11.9 Å². The molecule has 28 heavy (non-hydrogen) atoms. The summed E-state index contributed by atoms with van der Waals surface area (Å²) in [6, 6.07) is 6.88. The highest BCUT2D eigenvalue weighted by molar-refractivity contribution is 5.92. The molecule has 0 unspecified atom stereocenters. The molecule has 2 aromatic rings. The molecule has 0 aliphatic carbocycles. The lowest BCUT2D eigenvalue weighted by Gasteiger charge is -2.32. The molecule has 1 amide bonds. The number of piperazine rings is 1. The molecular weight excluding hydrogens is 358 g/mol. The molecule has 10 heteroatoms. The van der Waals surface area contributed by atoms with E-state index in [2.05, 4.69) is 47.4 Å². The maximum Gasteiger partial charge on any atom is 0.270 e. The second-order valence-corrected chi connectivity index (χ2v) is 6.39. The summed E-state index contributed by atoms with van der Waals surface area (Å²) >= 11 is 0. The van der Waals surface area contributed by atoms with Gasteiger partial charge in [-0.3, -0.25) is 4.79 Å². The standard InChI is InChI=1S/C18H23N9O/c1-3-14-22-17(25-18(24-14)27-11-9-26(2)10-12-27)23-15-6-4-5-13(21-15)16(28)20-8-7-19/h4-6H,3,8-12H2,1-2H3,(H,20,28)(H,21,22,23,24,25). The summed E-state index contributed by atoms with van der Waals surface area (Å²) in [4.78, 5) is 34.2. The lowest BCUT2D eigenvalue weighted by atomic mass is 10.3. The number of carbonyl (C=O) groups excluding carboxylic acids is 1. The van der Waals surface area contributed by atoms with Crippen LogP contribution in [0.2, 0.25) is 0 Å². The van der Waals surface area contributed by atoms with E-state index in [1.807, 2.05) is 13.0 Å². The lowest BCUT2D eigenvalue weighted by Crippen LogP contribution is -2.45. The van der Waals surface area contributed by atoms with Crippen LogP contribution >= 0.6 is 0 Å². The molecule has 3 heterocycles. The predicted molar refractivity (Wildman–Crippen MR) is 104 cm³/mol. The molecule has 0 saturated carbocycles. The number of anilines is 3. The first-order valence-electron chi connectivity index (χ1n) is 9.16. The predicted octanol–water partition coefficient (Wildman–Crippen LogP) is 0.578. The van der Waals surface area contributed by atoms with Gasteiger partial charge in [-0.2, -0.15) is 20.2 Å². The normalized spacial score (nSPS) is 14.4. The molecule has 10 nitrogen and oxygen atoms in total. The van der Waals surface area contributed by atoms with E-state index in [-0.39, 0.29) is 12.2 Å². The maximum atomic E-state index is 12.0. The molecule has 3 rings (SSSR count). The monoisotopic (exact) mass is 381 g/mol. The smallest absolute Gasteiger partial charge is 0.270 e. The van der Waals surface area contributed by atoms with E-state index in [9.17, 15) is 4.79 Å². The summed E-state index contributed by atoms with van der Waals surface area (Å²) in [5.41, 5.74) is 0.212. The van der Waals surface area contributed by atoms with Crippen LogP contribution in [0.1, 0.15) is 23.2 Å². The van der Waals surface area contributed by atoms with Gasteiger partial charge in [0, 0.05) is 32.6 Å². The first kappa shape index (κ1) is 19.4. The molecule has 2 N–H and O–H groups in total. The van der Waals surface area contributed by atoms with Crippen LogP contribution in [0.15, 0.2) is 18.2 Å². The van der Waals surface area contributed by atoms with Gasteiger partial charge in [-0.05, 0) is 19.2 Å². The molecule has 1 saturated heterocycles. The zero-order valence-corrected chi connectivity index (χ0v) is 16.0. The van der Waals surface area contributed by atoms with Gasteiger partial charge in [0.25, 0.3) is 5.91 Å². The van der Waals surface area contributed by atoms with Gasteiger partial charge in [0.15, 0.2) is 0 Å². The van der Waals surface area contributed by atoms with E-state index in [0.29, 0.717) is 30.0 Å². The van der Waals surface area contributed by atoms with Gasteiger partial charge in [-0.1, -0.05) is 13.0 Å². The Morgan fingerprint density at radius 1 is 1.18 bits per heavy atom. The van der Waals surface area contributed by atoms with Crippen molar-refractivity contribution in [3.8, 4) is 6.07 Å². The minimum atomic E-state index is -0.409. The second kappa shape index (κ2) is 9.05. The van der Waals surface area contributed by atoms with Crippen LogP contribution in [0.25, 0.3) is 0 Å². The van der Waals surface area contributed by atoms with Crippen molar-refractivity contribution in [3.63, 3.8) is 0 Å². The van der Waals surface area contributed by atoms with Crippen LogP contribution in [0.4, 0.5) is 17.7 Å². The number of hydrogen-bond donors (Lipinski definition) is 2. The minimum absolute atomic E-state index is 0.0696. The molecular formula is C18H23N9O. The fourth-order valence-corrected chi connectivity index (χ4v) is 2.72. The second-order valence-electron chi connectivity index (χ2n) is 6.39. The Labute approximate surface area is 163 Å². The Morgan fingerprint density at radius 2 is 1.96 bits per heavy atom. The van der Waals surface area contributed by atoms with Crippen LogP contribution < -0.4 is 15.5 Å². The third-order valence-electron chi connectivity index (χ3n) is 4.32. The zero-order chi connectivity index (χ0) is 19.9. The van der Waals surface area contributed by atoms with Crippen molar-refractivity contribution >= 4 is 23.6 Å². The molecule has 0 spiro atoms. The van der Waals surface area contributed by atoms with Gasteiger partial charge in [-0.25, -0.2) is 4.98 Å². The van der Waals surface area contributed by atoms with E-state index < -0.39 is 5.91 Å². The number of hydrogen-bond acceptors (Lipinski definition) is 9. The van der Waals surface area contributed by atoms with Crippen molar-refractivity contribution in [1.29, 1.82) is 5.26 Å². The highest BCUT2D eigenvalue weighted by Gasteiger charge is 2.18. The fraction of sp³-hybridized carbons (Fsp3) is 0.444. The maximum absolute atomic E-state index is 12.0. The van der Waals surface area contributed by atoms with Gasteiger partial charge >= 0.3 is 0 Å². The van der Waals surface area contributed by atoms with Gasteiger partial charge < -0.3 is 20.4 Å². The van der Waals surface area contributed by atoms with Crippen molar-refractivity contribution in [1.82, 2.24) is 30.2 Å². The number of likely N-dealkylation sites (N-methyl/N-ethyl adjacent to an activating group) is 1. The zero-order valence-electron chi connectivity index (χ0n) is 16.0. The van der Waals surface area contributed by atoms with Crippen molar-refractivity contribution in [3.05, 3.63) is 29.7 Å². The summed E-state index contributed by atoms with van der Waals surface area (Å²) in [5, 5.41) is 14.1. The average molecular weight is 381 g/mol.